The molecule has 12 heavy (non-hydrogen) atoms. The van der Waals surface area contributed by atoms with E-state index >= 15 is 0 Å². The molecule has 2 N–H and O–H groups in total. The van der Waals surface area contributed by atoms with Gasteiger partial charge in [0.2, 0.25) is 0 Å². The molecule has 0 unspecified atom stereocenters. The molecule has 1 rings (SSSR count). The van der Waals surface area contributed by atoms with E-state index in [9.17, 15) is 0 Å². The van der Waals surface area contributed by atoms with Gasteiger partial charge in [-0.15, -0.1) is 0 Å². The van der Waals surface area contributed by atoms with Crippen molar-refractivity contribution in [3.63, 3.8) is 0 Å². The van der Waals surface area contributed by atoms with Crippen LogP contribution in [0.2, 0.25) is 0 Å². The summed E-state index contributed by atoms with van der Waals surface area (Å²) in [6.07, 6.45) is 3.81. The van der Waals surface area contributed by atoms with E-state index in [1.165, 1.54) is 5.57 Å². The predicted octanol–water partition coefficient (Wildman–Crippen LogP) is 1.74. The summed E-state index contributed by atoms with van der Waals surface area (Å²) in [5, 5.41) is 4.13. The molecule has 1 heterocycles. The Morgan fingerprint density at radius 1 is 1.67 bits per heavy atom. The molecular formula is C9H15N3. The Labute approximate surface area is 72.9 Å². The largest absolute Gasteiger partial charge is 0.396 e. The lowest BCUT2D eigenvalue weighted by Crippen LogP contribution is -2.00. The second kappa shape index (κ2) is 3.43. The van der Waals surface area contributed by atoms with Crippen LogP contribution in [0.25, 0.3) is 0 Å². The number of anilines is 1. The Morgan fingerprint density at radius 2 is 2.33 bits per heavy atom. The molecule has 0 aromatic carbocycles. The molecule has 0 amide bonds. The van der Waals surface area contributed by atoms with Crippen LogP contribution in [0.15, 0.2) is 17.8 Å². The minimum atomic E-state index is 0.761. The molecule has 0 saturated carbocycles. The van der Waals surface area contributed by atoms with Crippen molar-refractivity contribution in [1.29, 1.82) is 0 Å². The molecular weight excluding hydrogens is 150 g/mol. The molecule has 3 heteroatoms. The maximum absolute atomic E-state index is 5.64. The zero-order valence-corrected chi connectivity index (χ0v) is 7.83. The molecule has 1 aromatic heterocycles. The van der Waals surface area contributed by atoms with Gasteiger partial charge in [0.25, 0.3) is 0 Å². The second-order valence-electron chi connectivity index (χ2n) is 3.15. The minimum absolute atomic E-state index is 0.761. The highest BCUT2D eigenvalue weighted by molar-refractivity contribution is 5.39. The van der Waals surface area contributed by atoms with Gasteiger partial charge in [-0.3, -0.25) is 4.68 Å². The van der Waals surface area contributed by atoms with Crippen LogP contribution in [0.5, 0.6) is 0 Å². The first-order chi connectivity index (χ1) is 5.61. The van der Waals surface area contributed by atoms with Crippen molar-refractivity contribution in [1.82, 2.24) is 9.78 Å². The standard InChI is InChI=1S/C9H15N3/c1-7(2)4-5-12-8(3)9(10)6-11-12/h4,6H,5,10H2,1-3H3. The summed E-state index contributed by atoms with van der Waals surface area (Å²) in [6.45, 7) is 6.93. The van der Waals surface area contributed by atoms with Gasteiger partial charge < -0.3 is 5.73 Å². The molecule has 3 nitrogen and oxygen atoms in total. The van der Waals surface area contributed by atoms with E-state index in [0.29, 0.717) is 0 Å². The summed E-state index contributed by atoms with van der Waals surface area (Å²) in [4.78, 5) is 0. The summed E-state index contributed by atoms with van der Waals surface area (Å²) in [7, 11) is 0. The van der Waals surface area contributed by atoms with Crippen LogP contribution in [0.4, 0.5) is 5.69 Å². The van der Waals surface area contributed by atoms with E-state index in [0.717, 1.165) is 17.9 Å². The lowest BCUT2D eigenvalue weighted by atomic mass is 10.3. The van der Waals surface area contributed by atoms with Gasteiger partial charge in [0, 0.05) is 0 Å². The Hall–Kier alpha value is -1.25. The van der Waals surface area contributed by atoms with E-state index < -0.39 is 0 Å². The predicted molar refractivity (Wildman–Crippen MR) is 50.8 cm³/mol. The number of allylic oxidation sites excluding steroid dienone is 2. The first kappa shape index (κ1) is 8.84. The molecule has 0 radical (unpaired) electrons. The highest BCUT2D eigenvalue weighted by Crippen LogP contribution is 2.08. The van der Waals surface area contributed by atoms with Crippen LogP contribution in [0, 0.1) is 6.92 Å². The van der Waals surface area contributed by atoms with Crippen molar-refractivity contribution < 1.29 is 0 Å². The molecule has 0 atom stereocenters. The number of nitrogens with zero attached hydrogens (tertiary/aromatic N) is 2. The molecule has 0 fully saturated rings. The topological polar surface area (TPSA) is 43.8 Å². The Bertz CT molecular complexity index is 293. The fourth-order valence-electron chi connectivity index (χ4n) is 0.914. The summed E-state index contributed by atoms with van der Waals surface area (Å²) in [5.74, 6) is 0. The zero-order chi connectivity index (χ0) is 9.14. The Balaban J connectivity index is 2.77. The Kier molecular flexibility index (Phi) is 2.53. The summed E-state index contributed by atoms with van der Waals surface area (Å²) < 4.78 is 1.89. The third-order valence-electron chi connectivity index (χ3n) is 1.81. The number of nitrogen functional groups attached to an aromatic ring is 1. The van der Waals surface area contributed by atoms with Crippen LogP contribution in [-0.4, -0.2) is 9.78 Å². The molecule has 0 saturated heterocycles. The quantitative estimate of drug-likeness (QED) is 0.678. The lowest BCUT2D eigenvalue weighted by molar-refractivity contribution is 0.676. The average Bonchev–Trinajstić information content (AvgIpc) is 2.30. The van der Waals surface area contributed by atoms with Gasteiger partial charge in [-0.1, -0.05) is 11.6 Å². The maximum Gasteiger partial charge on any atom is 0.0730 e. The first-order valence-corrected chi connectivity index (χ1v) is 4.02. The normalized spacial score (nSPS) is 9.92. The van der Waals surface area contributed by atoms with E-state index in [1.54, 1.807) is 6.20 Å². The van der Waals surface area contributed by atoms with Crippen molar-refractivity contribution in [2.75, 3.05) is 5.73 Å². The number of hydrogen-bond donors (Lipinski definition) is 1. The van der Waals surface area contributed by atoms with Crippen molar-refractivity contribution in [3.05, 3.63) is 23.5 Å². The SMILES string of the molecule is CC(C)=CCn1ncc(N)c1C. The fourth-order valence-corrected chi connectivity index (χ4v) is 0.914. The third kappa shape index (κ3) is 1.87. The number of aromatic nitrogens is 2. The third-order valence-corrected chi connectivity index (χ3v) is 1.81. The van der Waals surface area contributed by atoms with E-state index in [-0.39, 0.29) is 0 Å². The number of nitrogens with two attached hydrogens (primary N) is 1. The number of rotatable bonds is 2. The van der Waals surface area contributed by atoms with Crippen LogP contribution in [-0.2, 0) is 6.54 Å². The fraction of sp³-hybridized carbons (Fsp3) is 0.444. The van der Waals surface area contributed by atoms with Crippen LogP contribution >= 0.6 is 0 Å². The van der Waals surface area contributed by atoms with E-state index in [4.69, 9.17) is 5.73 Å². The molecule has 0 bridgehead atoms. The monoisotopic (exact) mass is 165 g/mol. The van der Waals surface area contributed by atoms with Gasteiger partial charge in [0.05, 0.1) is 24.1 Å². The van der Waals surface area contributed by atoms with Gasteiger partial charge in [-0.2, -0.15) is 5.10 Å². The van der Waals surface area contributed by atoms with Gasteiger partial charge in [-0.25, -0.2) is 0 Å². The van der Waals surface area contributed by atoms with Crippen molar-refractivity contribution in [3.8, 4) is 0 Å². The highest BCUT2D eigenvalue weighted by atomic mass is 15.3. The maximum atomic E-state index is 5.64. The van der Waals surface area contributed by atoms with Crippen molar-refractivity contribution >= 4 is 5.69 Å². The van der Waals surface area contributed by atoms with Gasteiger partial charge in [0.15, 0.2) is 0 Å². The molecule has 0 aliphatic carbocycles. The lowest BCUT2D eigenvalue weighted by Gasteiger charge is -2.00. The summed E-state index contributed by atoms with van der Waals surface area (Å²) >= 11 is 0. The van der Waals surface area contributed by atoms with E-state index in [1.807, 2.05) is 11.6 Å². The molecule has 1 aromatic rings. The van der Waals surface area contributed by atoms with Gasteiger partial charge >= 0.3 is 0 Å². The summed E-state index contributed by atoms with van der Waals surface area (Å²) in [6, 6.07) is 0. The molecule has 0 aliphatic heterocycles. The minimum Gasteiger partial charge on any atom is -0.396 e. The van der Waals surface area contributed by atoms with Crippen LogP contribution in [0.3, 0.4) is 0 Å². The molecule has 0 aliphatic rings. The van der Waals surface area contributed by atoms with Crippen LogP contribution < -0.4 is 5.73 Å². The average molecular weight is 165 g/mol. The second-order valence-corrected chi connectivity index (χ2v) is 3.15. The highest BCUT2D eigenvalue weighted by Gasteiger charge is 1.99. The summed E-state index contributed by atoms with van der Waals surface area (Å²) in [5.41, 5.74) is 8.73. The number of hydrogen-bond acceptors (Lipinski definition) is 2. The van der Waals surface area contributed by atoms with Crippen molar-refractivity contribution in [2.45, 2.75) is 27.3 Å². The zero-order valence-electron chi connectivity index (χ0n) is 7.83. The van der Waals surface area contributed by atoms with Gasteiger partial charge in [-0.05, 0) is 20.8 Å². The molecule has 0 spiro atoms. The first-order valence-electron chi connectivity index (χ1n) is 4.02. The van der Waals surface area contributed by atoms with Crippen LogP contribution in [0.1, 0.15) is 19.5 Å². The smallest absolute Gasteiger partial charge is 0.0730 e. The molecule has 66 valence electrons. The van der Waals surface area contributed by atoms with E-state index in [2.05, 4.69) is 25.0 Å². The Morgan fingerprint density at radius 3 is 2.75 bits per heavy atom. The van der Waals surface area contributed by atoms with Crippen molar-refractivity contribution in [2.24, 2.45) is 0 Å². The van der Waals surface area contributed by atoms with Gasteiger partial charge in [0.1, 0.15) is 0 Å².